The molecule has 1 N–H and O–H groups in total. The Morgan fingerprint density at radius 1 is 1.60 bits per heavy atom. The molecule has 1 unspecified atom stereocenters. The van der Waals surface area contributed by atoms with Crippen molar-refractivity contribution in [2.45, 2.75) is 6.10 Å². The minimum absolute atomic E-state index is 0.0270. The quantitative estimate of drug-likeness (QED) is 0.891. The third-order valence-electron chi connectivity index (χ3n) is 3.26. The van der Waals surface area contributed by atoms with E-state index in [1.807, 2.05) is 7.05 Å². The molecule has 110 valence electrons. The van der Waals surface area contributed by atoms with Gasteiger partial charge in [-0.2, -0.15) is 0 Å². The van der Waals surface area contributed by atoms with Crippen LogP contribution in [0.15, 0.2) is 18.2 Å². The zero-order valence-electron chi connectivity index (χ0n) is 11.7. The van der Waals surface area contributed by atoms with Crippen LogP contribution in [0.1, 0.15) is 10.4 Å². The first-order valence-corrected chi connectivity index (χ1v) is 6.54. The van der Waals surface area contributed by atoms with Crippen molar-refractivity contribution in [3.05, 3.63) is 29.6 Å². The van der Waals surface area contributed by atoms with Crippen molar-refractivity contribution in [2.75, 3.05) is 40.4 Å². The topological polar surface area (TPSA) is 50.8 Å². The lowest BCUT2D eigenvalue weighted by Crippen LogP contribution is -2.48. The van der Waals surface area contributed by atoms with Crippen molar-refractivity contribution in [1.82, 2.24) is 10.2 Å². The molecule has 5 nitrogen and oxygen atoms in total. The minimum atomic E-state index is -0.529. The molecule has 0 spiro atoms. The lowest BCUT2D eigenvalue weighted by Gasteiger charge is -2.33. The fraction of sp³-hybridized carbons (Fsp3) is 0.500. The van der Waals surface area contributed by atoms with Gasteiger partial charge in [-0.3, -0.25) is 4.79 Å². The molecule has 1 atom stereocenters. The highest BCUT2D eigenvalue weighted by Gasteiger charge is 2.25. The summed E-state index contributed by atoms with van der Waals surface area (Å²) in [5.74, 6) is -0.578. The molecule has 1 heterocycles. The van der Waals surface area contributed by atoms with Gasteiger partial charge in [0.1, 0.15) is 0 Å². The zero-order valence-corrected chi connectivity index (χ0v) is 11.7. The summed E-state index contributed by atoms with van der Waals surface area (Å²) >= 11 is 0. The Labute approximate surface area is 117 Å². The SMILES string of the molecule is CNCC1CN(C(=O)c2ccc(OC)c(F)c2)CCO1. The van der Waals surface area contributed by atoms with Gasteiger partial charge in [0.05, 0.1) is 19.8 Å². The average molecular weight is 282 g/mol. The van der Waals surface area contributed by atoms with E-state index in [1.54, 1.807) is 11.0 Å². The van der Waals surface area contributed by atoms with E-state index >= 15 is 0 Å². The van der Waals surface area contributed by atoms with E-state index in [2.05, 4.69) is 5.32 Å². The second kappa shape index (κ2) is 6.67. The highest BCUT2D eigenvalue weighted by atomic mass is 19.1. The fourth-order valence-electron chi connectivity index (χ4n) is 2.24. The second-order valence-electron chi connectivity index (χ2n) is 4.65. The van der Waals surface area contributed by atoms with E-state index in [4.69, 9.17) is 9.47 Å². The van der Waals surface area contributed by atoms with Crippen LogP contribution in [0.2, 0.25) is 0 Å². The molecule has 0 aromatic heterocycles. The first kappa shape index (κ1) is 14.7. The Morgan fingerprint density at radius 2 is 2.40 bits per heavy atom. The Kier molecular flexibility index (Phi) is 4.92. The van der Waals surface area contributed by atoms with Gasteiger partial charge in [0.2, 0.25) is 0 Å². The van der Waals surface area contributed by atoms with Crippen LogP contribution in [0.4, 0.5) is 4.39 Å². The number of nitrogens with one attached hydrogen (secondary N) is 1. The van der Waals surface area contributed by atoms with Crippen LogP contribution in [0.25, 0.3) is 0 Å². The van der Waals surface area contributed by atoms with Crippen LogP contribution in [0, 0.1) is 5.82 Å². The summed E-state index contributed by atoms with van der Waals surface area (Å²) < 4.78 is 24.0. The molecule has 1 aromatic rings. The van der Waals surface area contributed by atoms with Crippen molar-refractivity contribution in [1.29, 1.82) is 0 Å². The summed E-state index contributed by atoms with van der Waals surface area (Å²) in [5, 5.41) is 3.02. The van der Waals surface area contributed by atoms with Crippen molar-refractivity contribution in [2.24, 2.45) is 0 Å². The first-order valence-electron chi connectivity index (χ1n) is 6.54. The summed E-state index contributed by atoms with van der Waals surface area (Å²) in [4.78, 5) is 14.0. The Balaban J connectivity index is 2.08. The van der Waals surface area contributed by atoms with E-state index in [0.29, 0.717) is 31.8 Å². The zero-order chi connectivity index (χ0) is 14.5. The molecule has 0 bridgehead atoms. The third-order valence-corrected chi connectivity index (χ3v) is 3.26. The molecule has 0 saturated carbocycles. The number of halogens is 1. The fourth-order valence-corrected chi connectivity index (χ4v) is 2.24. The van der Waals surface area contributed by atoms with Crippen LogP contribution >= 0.6 is 0 Å². The molecule has 1 aliphatic heterocycles. The number of benzene rings is 1. The van der Waals surface area contributed by atoms with Crippen LogP contribution in [0.5, 0.6) is 5.75 Å². The van der Waals surface area contributed by atoms with Gasteiger partial charge in [-0.1, -0.05) is 0 Å². The molecule has 1 aromatic carbocycles. The second-order valence-corrected chi connectivity index (χ2v) is 4.65. The number of hydrogen-bond acceptors (Lipinski definition) is 4. The summed E-state index contributed by atoms with van der Waals surface area (Å²) in [6.07, 6.45) is -0.0270. The largest absolute Gasteiger partial charge is 0.494 e. The van der Waals surface area contributed by atoms with Crippen LogP contribution in [-0.4, -0.2) is 57.3 Å². The van der Waals surface area contributed by atoms with E-state index in [9.17, 15) is 9.18 Å². The average Bonchev–Trinajstić information content (AvgIpc) is 2.47. The molecule has 6 heteroatoms. The normalized spacial score (nSPS) is 18.9. The molecule has 0 aliphatic carbocycles. The van der Waals surface area contributed by atoms with E-state index in [-0.39, 0.29) is 17.8 Å². The Hall–Kier alpha value is -1.66. The first-order chi connectivity index (χ1) is 9.65. The molecular formula is C14H19FN2O3. The number of hydrogen-bond donors (Lipinski definition) is 1. The van der Waals surface area contributed by atoms with Crippen LogP contribution < -0.4 is 10.1 Å². The number of carbonyl (C=O) groups is 1. The molecule has 20 heavy (non-hydrogen) atoms. The number of carbonyl (C=O) groups excluding carboxylic acids is 1. The summed E-state index contributed by atoms with van der Waals surface area (Å²) in [6, 6.07) is 4.25. The van der Waals surface area contributed by atoms with E-state index in [0.717, 1.165) is 0 Å². The highest BCUT2D eigenvalue weighted by Crippen LogP contribution is 2.19. The lowest BCUT2D eigenvalue weighted by atomic mass is 10.1. The molecular weight excluding hydrogens is 263 g/mol. The van der Waals surface area contributed by atoms with Crippen molar-refractivity contribution >= 4 is 5.91 Å². The number of likely N-dealkylation sites (N-methyl/N-ethyl adjacent to an activating group) is 1. The minimum Gasteiger partial charge on any atom is -0.494 e. The lowest BCUT2D eigenvalue weighted by molar-refractivity contribution is -0.0196. The van der Waals surface area contributed by atoms with Crippen molar-refractivity contribution in [3.63, 3.8) is 0 Å². The Morgan fingerprint density at radius 3 is 3.05 bits per heavy atom. The van der Waals surface area contributed by atoms with Crippen molar-refractivity contribution < 1.29 is 18.7 Å². The molecule has 1 saturated heterocycles. The predicted octanol–water partition coefficient (Wildman–Crippen LogP) is 0.895. The number of rotatable bonds is 4. The van der Waals surface area contributed by atoms with Gasteiger partial charge < -0.3 is 19.7 Å². The molecule has 2 rings (SSSR count). The smallest absolute Gasteiger partial charge is 0.254 e. The third kappa shape index (κ3) is 3.26. The van der Waals surface area contributed by atoms with Gasteiger partial charge in [-0.15, -0.1) is 0 Å². The molecule has 1 fully saturated rings. The maximum atomic E-state index is 13.6. The standard InChI is InChI=1S/C14H19FN2O3/c1-16-8-11-9-17(5-6-20-11)14(18)10-3-4-13(19-2)12(15)7-10/h3-4,7,11,16H,5-6,8-9H2,1-2H3. The predicted molar refractivity (Wildman–Crippen MR) is 72.5 cm³/mol. The number of methoxy groups -OCH3 is 1. The highest BCUT2D eigenvalue weighted by molar-refractivity contribution is 5.94. The maximum Gasteiger partial charge on any atom is 0.254 e. The molecule has 1 aliphatic rings. The van der Waals surface area contributed by atoms with Crippen LogP contribution in [0.3, 0.4) is 0 Å². The van der Waals surface area contributed by atoms with E-state index < -0.39 is 5.82 Å². The monoisotopic (exact) mass is 282 g/mol. The maximum absolute atomic E-state index is 13.6. The van der Waals surface area contributed by atoms with E-state index in [1.165, 1.54) is 19.2 Å². The van der Waals surface area contributed by atoms with Crippen LogP contribution in [-0.2, 0) is 4.74 Å². The van der Waals surface area contributed by atoms with Gasteiger partial charge >= 0.3 is 0 Å². The number of amides is 1. The van der Waals surface area contributed by atoms with Crippen molar-refractivity contribution in [3.8, 4) is 5.75 Å². The summed E-state index contributed by atoms with van der Waals surface area (Å²) in [7, 11) is 3.23. The summed E-state index contributed by atoms with van der Waals surface area (Å²) in [6.45, 7) is 2.21. The van der Waals surface area contributed by atoms with Gasteiger partial charge in [0.25, 0.3) is 5.91 Å². The van der Waals surface area contributed by atoms with Gasteiger partial charge in [0.15, 0.2) is 11.6 Å². The van der Waals surface area contributed by atoms with Gasteiger partial charge in [-0.05, 0) is 25.2 Å². The number of ether oxygens (including phenoxy) is 2. The van der Waals surface area contributed by atoms with Gasteiger partial charge in [-0.25, -0.2) is 4.39 Å². The molecule has 1 amide bonds. The van der Waals surface area contributed by atoms with Gasteiger partial charge in [0, 0.05) is 25.2 Å². The Bertz CT molecular complexity index is 479. The number of nitrogens with zero attached hydrogens (tertiary/aromatic N) is 1. The molecule has 0 radical (unpaired) electrons. The summed E-state index contributed by atoms with van der Waals surface area (Å²) in [5.41, 5.74) is 0.327. The number of morpholine rings is 1.